The third-order valence-electron chi connectivity index (χ3n) is 2.46. The van der Waals surface area contributed by atoms with Crippen LogP contribution in [0.15, 0.2) is 12.4 Å². The largest absolute Gasteiger partial charge is 0.388 e. The van der Waals surface area contributed by atoms with E-state index in [2.05, 4.69) is 14.9 Å². The van der Waals surface area contributed by atoms with Gasteiger partial charge >= 0.3 is 0 Å². The van der Waals surface area contributed by atoms with E-state index < -0.39 is 0 Å². The summed E-state index contributed by atoms with van der Waals surface area (Å²) in [5.41, 5.74) is 6.02. The van der Waals surface area contributed by atoms with Crippen molar-refractivity contribution in [2.75, 3.05) is 24.6 Å². The number of rotatable bonds is 2. The highest BCUT2D eigenvalue weighted by molar-refractivity contribution is 7.80. The van der Waals surface area contributed by atoms with Crippen molar-refractivity contribution in [2.45, 2.75) is 13.0 Å². The van der Waals surface area contributed by atoms with Crippen LogP contribution in [-0.2, 0) is 4.74 Å². The van der Waals surface area contributed by atoms with Crippen LogP contribution in [0.25, 0.3) is 0 Å². The molecule has 0 radical (unpaired) electrons. The van der Waals surface area contributed by atoms with Crippen LogP contribution in [0.5, 0.6) is 0 Å². The van der Waals surface area contributed by atoms with Crippen LogP contribution in [0.3, 0.4) is 0 Å². The standard InChI is InChI=1S/C10H14N4OS/c1-7-6-14(2-3-15-7)9-5-12-8(4-13-9)10(11)16/h4-5,7H,2-3,6H2,1H3,(H2,11,16). The number of nitrogens with zero attached hydrogens (tertiary/aromatic N) is 3. The summed E-state index contributed by atoms with van der Waals surface area (Å²) in [7, 11) is 0. The highest BCUT2D eigenvalue weighted by atomic mass is 32.1. The van der Waals surface area contributed by atoms with Gasteiger partial charge in [-0.2, -0.15) is 0 Å². The predicted octanol–water partition coefficient (Wildman–Crippen LogP) is 0.336. The number of ether oxygens (including phenoxy) is 1. The summed E-state index contributed by atoms with van der Waals surface area (Å²) < 4.78 is 5.46. The van der Waals surface area contributed by atoms with Gasteiger partial charge in [0.15, 0.2) is 0 Å². The van der Waals surface area contributed by atoms with Crippen LogP contribution in [-0.4, -0.2) is 40.8 Å². The van der Waals surface area contributed by atoms with Crippen molar-refractivity contribution in [3.63, 3.8) is 0 Å². The topological polar surface area (TPSA) is 64.3 Å². The lowest BCUT2D eigenvalue weighted by molar-refractivity contribution is 0.0529. The van der Waals surface area contributed by atoms with E-state index >= 15 is 0 Å². The molecular weight excluding hydrogens is 224 g/mol. The van der Waals surface area contributed by atoms with Gasteiger partial charge in [-0.1, -0.05) is 12.2 Å². The minimum Gasteiger partial charge on any atom is -0.388 e. The van der Waals surface area contributed by atoms with Crippen LogP contribution < -0.4 is 10.6 Å². The number of aromatic nitrogens is 2. The predicted molar refractivity (Wildman–Crippen MR) is 65.5 cm³/mol. The zero-order valence-corrected chi connectivity index (χ0v) is 9.91. The Labute approximate surface area is 99.6 Å². The van der Waals surface area contributed by atoms with Gasteiger partial charge in [0.25, 0.3) is 0 Å². The number of hydrogen-bond acceptors (Lipinski definition) is 5. The Morgan fingerprint density at radius 3 is 2.94 bits per heavy atom. The van der Waals surface area contributed by atoms with E-state index in [1.807, 2.05) is 6.92 Å². The molecule has 0 aliphatic carbocycles. The molecule has 0 spiro atoms. The minimum absolute atomic E-state index is 0.228. The molecule has 1 atom stereocenters. The van der Waals surface area contributed by atoms with E-state index in [-0.39, 0.29) is 11.1 Å². The van der Waals surface area contributed by atoms with Crippen molar-refractivity contribution >= 4 is 23.0 Å². The van der Waals surface area contributed by atoms with Gasteiger partial charge in [0.05, 0.1) is 25.1 Å². The average Bonchev–Trinajstić information content (AvgIpc) is 2.29. The average molecular weight is 238 g/mol. The second kappa shape index (κ2) is 4.71. The van der Waals surface area contributed by atoms with Crippen molar-refractivity contribution < 1.29 is 4.74 Å². The maximum atomic E-state index is 5.46. The fraction of sp³-hybridized carbons (Fsp3) is 0.500. The summed E-state index contributed by atoms with van der Waals surface area (Å²) in [6.45, 7) is 4.44. The summed E-state index contributed by atoms with van der Waals surface area (Å²) in [5.74, 6) is 0.843. The molecule has 2 N–H and O–H groups in total. The lowest BCUT2D eigenvalue weighted by atomic mass is 10.3. The van der Waals surface area contributed by atoms with Crippen molar-refractivity contribution in [3.8, 4) is 0 Å². The normalized spacial score (nSPS) is 20.8. The van der Waals surface area contributed by atoms with Gasteiger partial charge in [-0.3, -0.25) is 0 Å². The highest BCUT2D eigenvalue weighted by Gasteiger charge is 2.18. The van der Waals surface area contributed by atoms with Gasteiger partial charge in [0.1, 0.15) is 16.5 Å². The summed E-state index contributed by atoms with van der Waals surface area (Å²) in [4.78, 5) is 10.9. The molecule has 1 aromatic heterocycles. The Morgan fingerprint density at radius 2 is 2.38 bits per heavy atom. The van der Waals surface area contributed by atoms with Gasteiger partial charge < -0.3 is 15.4 Å². The maximum Gasteiger partial charge on any atom is 0.147 e. The maximum absolute atomic E-state index is 5.46. The molecule has 1 aliphatic rings. The molecule has 1 aliphatic heterocycles. The second-order valence-corrected chi connectivity index (χ2v) is 4.19. The van der Waals surface area contributed by atoms with Crippen molar-refractivity contribution in [3.05, 3.63) is 18.1 Å². The third-order valence-corrected chi connectivity index (χ3v) is 2.66. The molecule has 1 fully saturated rings. The molecule has 0 aromatic carbocycles. The monoisotopic (exact) mass is 238 g/mol. The molecule has 0 bridgehead atoms. The molecule has 2 heterocycles. The fourth-order valence-corrected chi connectivity index (χ4v) is 1.74. The molecule has 6 heteroatoms. The number of morpholine rings is 1. The second-order valence-electron chi connectivity index (χ2n) is 3.75. The summed E-state index contributed by atoms with van der Waals surface area (Å²) in [5, 5.41) is 0. The molecule has 0 amide bonds. The molecule has 86 valence electrons. The Balaban J connectivity index is 2.11. The van der Waals surface area contributed by atoms with E-state index in [1.165, 1.54) is 0 Å². The first kappa shape index (κ1) is 11.2. The number of anilines is 1. The molecular formula is C10H14N4OS. The van der Waals surface area contributed by atoms with Gasteiger partial charge in [0.2, 0.25) is 0 Å². The Hall–Kier alpha value is -1.27. The van der Waals surface area contributed by atoms with Gasteiger partial charge in [-0.05, 0) is 6.92 Å². The SMILES string of the molecule is CC1CN(c2cnc(C(N)=S)cn2)CCO1. The van der Waals surface area contributed by atoms with Crippen molar-refractivity contribution in [2.24, 2.45) is 5.73 Å². The molecule has 5 nitrogen and oxygen atoms in total. The minimum atomic E-state index is 0.228. The molecule has 1 saturated heterocycles. The van der Waals surface area contributed by atoms with Gasteiger partial charge in [-0.15, -0.1) is 0 Å². The lowest BCUT2D eigenvalue weighted by Gasteiger charge is -2.31. The number of hydrogen-bond donors (Lipinski definition) is 1. The molecule has 16 heavy (non-hydrogen) atoms. The van der Waals surface area contributed by atoms with E-state index in [4.69, 9.17) is 22.7 Å². The summed E-state index contributed by atoms with van der Waals surface area (Å²) >= 11 is 4.82. The first-order valence-corrected chi connectivity index (χ1v) is 5.56. The Bertz CT molecular complexity index is 381. The first-order chi connectivity index (χ1) is 7.66. The Kier molecular flexibility index (Phi) is 3.31. The van der Waals surface area contributed by atoms with Gasteiger partial charge in [-0.25, -0.2) is 9.97 Å². The third kappa shape index (κ3) is 2.45. The zero-order chi connectivity index (χ0) is 11.5. The number of nitrogens with two attached hydrogens (primary N) is 1. The van der Waals surface area contributed by atoms with Crippen LogP contribution in [0.1, 0.15) is 12.6 Å². The van der Waals surface area contributed by atoms with E-state index in [0.717, 1.165) is 25.5 Å². The lowest BCUT2D eigenvalue weighted by Crippen LogP contribution is -2.41. The van der Waals surface area contributed by atoms with E-state index in [0.29, 0.717) is 5.69 Å². The van der Waals surface area contributed by atoms with Crippen molar-refractivity contribution in [1.82, 2.24) is 9.97 Å². The van der Waals surface area contributed by atoms with Crippen LogP contribution >= 0.6 is 12.2 Å². The van der Waals surface area contributed by atoms with Crippen LogP contribution in [0.4, 0.5) is 5.82 Å². The van der Waals surface area contributed by atoms with Crippen LogP contribution in [0.2, 0.25) is 0 Å². The highest BCUT2D eigenvalue weighted by Crippen LogP contribution is 2.13. The Morgan fingerprint density at radius 1 is 1.56 bits per heavy atom. The fourth-order valence-electron chi connectivity index (χ4n) is 1.64. The summed E-state index contributed by atoms with van der Waals surface area (Å²) in [6.07, 6.45) is 3.54. The molecule has 1 aromatic rings. The van der Waals surface area contributed by atoms with Crippen LogP contribution in [0, 0.1) is 0 Å². The molecule has 2 rings (SSSR count). The quantitative estimate of drug-likeness (QED) is 0.749. The van der Waals surface area contributed by atoms with E-state index in [9.17, 15) is 0 Å². The smallest absolute Gasteiger partial charge is 0.147 e. The van der Waals surface area contributed by atoms with Crippen molar-refractivity contribution in [1.29, 1.82) is 0 Å². The first-order valence-electron chi connectivity index (χ1n) is 5.15. The molecule has 0 saturated carbocycles. The van der Waals surface area contributed by atoms with E-state index in [1.54, 1.807) is 12.4 Å². The number of thiocarbonyl (C=S) groups is 1. The molecule has 1 unspecified atom stereocenters. The summed E-state index contributed by atoms with van der Waals surface area (Å²) in [6, 6.07) is 0. The zero-order valence-electron chi connectivity index (χ0n) is 9.09. The van der Waals surface area contributed by atoms with Gasteiger partial charge in [0, 0.05) is 13.1 Å².